The summed E-state index contributed by atoms with van der Waals surface area (Å²) in [4.78, 5) is 11.0. The molecule has 0 aliphatic rings. The van der Waals surface area contributed by atoms with Gasteiger partial charge in [-0.05, 0) is 32.0 Å². The second-order valence-electron chi connectivity index (χ2n) is 3.25. The fourth-order valence-corrected chi connectivity index (χ4v) is 1.28. The van der Waals surface area contributed by atoms with Gasteiger partial charge in [-0.3, -0.25) is 10.0 Å². The van der Waals surface area contributed by atoms with Crippen molar-refractivity contribution in [3.8, 4) is 5.75 Å². The highest BCUT2D eigenvalue weighted by Crippen LogP contribution is 2.26. The number of rotatable bonds is 3. The largest absolute Gasteiger partial charge is 0.489 e. The van der Waals surface area contributed by atoms with Crippen molar-refractivity contribution >= 4 is 17.5 Å². The summed E-state index contributed by atoms with van der Waals surface area (Å²) < 4.78 is 5.39. The molecule has 2 N–H and O–H groups in total. The van der Waals surface area contributed by atoms with Crippen LogP contribution in [-0.4, -0.2) is 17.2 Å². The van der Waals surface area contributed by atoms with E-state index >= 15 is 0 Å². The van der Waals surface area contributed by atoms with E-state index in [1.165, 1.54) is 17.6 Å². The maximum atomic E-state index is 11.0. The Morgan fingerprint density at radius 2 is 2.20 bits per heavy atom. The molecule has 15 heavy (non-hydrogen) atoms. The molecule has 5 heteroatoms. The van der Waals surface area contributed by atoms with Crippen molar-refractivity contribution in [2.75, 3.05) is 0 Å². The van der Waals surface area contributed by atoms with E-state index in [-0.39, 0.29) is 11.7 Å². The van der Waals surface area contributed by atoms with Gasteiger partial charge in [0.25, 0.3) is 5.91 Å². The Morgan fingerprint density at radius 1 is 1.53 bits per heavy atom. The molecule has 1 amide bonds. The van der Waals surface area contributed by atoms with E-state index in [1.54, 1.807) is 6.07 Å². The number of hydrogen-bond donors (Lipinski definition) is 2. The minimum atomic E-state index is -0.604. The molecule has 0 radical (unpaired) electrons. The van der Waals surface area contributed by atoms with E-state index in [0.29, 0.717) is 10.8 Å². The molecule has 0 saturated heterocycles. The predicted molar refractivity (Wildman–Crippen MR) is 56.5 cm³/mol. The van der Waals surface area contributed by atoms with Gasteiger partial charge in [0.2, 0.25) is 0 Å². The van der Waals surface area contributed by atoms with E-state index in [0.717, 1.165) is 0 Å². The highest BCUT2D eigenvalue weighted by molar-refractivity contribution is 6.32. The first-order chi connectivity index (χ1) is 7.04. The molecule has 0 saturated carbocycles. The van der Waals surface area contributed by atoms with Crippen LogP contribution in [0.1, 0.15) is 24.2 Å². The molecular formula is C10H12ClNO3. The molecule has 1 rings (SSSR count). The van der Waals surface area contributed by atoms with Crippen molar-refractivity contribution in [2.45, 2.75) is 20.0 Å². The summed E-state index contributed by atoms with van der Waals surface area (Å²) in [7, 11) is 0. The Balaban J connectivity index is 2.93. The van der Waals surface area contributed by atoms with Gasteiger partial charge < -0.3 is 4.74 Å². The van der Waals surface area contributed by atoms with Crippen molar-refractivity contribution in [3.05, 3.63) is 28.8 Å². The van der Waals surface area contributed by atoms with Gasteiger partial charge in [-0.1, -0.05) is 11.6 Å². The van der Waals surface area contributed by atoms with Gasteiger partial charge in [-0.25, -0.2) is 5.48 Å². The Morgan fingerprint density at radius 3 is 2.67 bits per heavy atom. The SMILES string of the molecule is CC(C)Oc1ccc(C(=O)NO)cc1Cl. The minimum absolute atomic E-state index is 0.0139. The smallest absolute Gasteiger partial charge is 0.274 e. The molecule has 0 atom stereocenters. The third-order valence-corrected chi connectivity index (χ3v) is 1.95. The maximum absolute atomic E-state index is 11.0. The summed E-state index contributed by atoms with van der Waals surface area (Å²) in [5.41, 5.74) is 1.81. The lowest BCUT2D eigenvalue weighted by Gasteiger charge is -2.11. The zero-order valence-electron chi connectivity index (χ0n) is 8.45. The lowest BCUT2D eigenvalue weighted by atomic mass is 10.2. The van der Waals surface area contributed by atoms with Crippen LogP contribution < -0.4 is 10.2 Å². The van der Waals surface area contributed by atoms with Gasteiger partial charge in [0.15, 0.2) is 0 Å². The second kappa shape index (κ2) is 5.00. The van der Waals surface area contributed by atoms with Gasteiger partial charge >= 0.3 is 0 Å². The van der Waals surface area contributed by atoms with Crippen LogP contribution in [0.3, 0.4) is 0 Å². The summed E-state index contributed by atoms with van der Waals surface area (Å²) >= 11 is 5.89. The number of ether oxygens (including phenoxy) is 1. The van der Waals surface area contributed by atoms with Gasteiger partial charge in [0.1, 0.15) is 5.75 Å². The highest BCUT2D eigenvalue weighted by atomic mass is 35.5. The van der Waals surface area contributed by atoms with E-state index in [4.69, 9.17) is 21.5 Å². The van der Waals surface area contributed by atoms with Crippen LogP contribution in [0.5, 0.6) is 5.75 Å². The fourth-order valence-electron chi connectivity index (χ4n) is 1.06. The van der Waals surface area contributed by atoms with Crippen molar-refractivity contribution in [1.82, 2.24) is 5.48 Å². The predicted octanol–water partition coefficient (Wildman–Crippen LogP) is 2.25. The zero-order valence-corrected chi connectivity index (χ0v) is 9.21. The highest BCUT2D eigenvalue weighted by Gasteiger charge is 2.09. The molecule has 0 unspecified atom stereocenters. The molecule has 0 aliphatic carbocycles. The summed E-state index contributed by atoms with van der Waals surface area (Å²) in [5.74, 6) is -0.0887. The third kappa shape index (κ3) is 3.11. The third-order valence-electron chi connectivity index (χ3n) is 1.66. The van der Waals surface area contributed by atoms with Crippen LogP contribution >= 0.6 is 11.6 Å². The first-order valence-corrected chi connectivity index (χ1v) is 4.83. The first kappa shape index (κ1) is 11.8. The number of carbonyl (C=O) groups excluding carboxylic acids is 1. The van der Waals surface area contributed by atoms with Crippen molar-refractivity contribution in [1.29, 1.82) is 0 Å². The minimum Gasteiger partial charge on any atom is -0.489 e. The molecule has 0 bridgehead atoms. The van der Waals surface area contributed by atoms with E-state index in [9.17, 15) is 4.79 Å². The Kier molecular flexibility index (Phi) is 3.94. The van der Waals surface area contributed by atoms with E-state index < -0.39 is 5.91 Å². The molecule has 0 spiro atoms. The maximum Gasteiger partial charge on any atom is 0.274 e. The van der Waals surface area contributed by atoms with Crippen LogP contribution in [0.15, 0.2) is 18.2 Å². The summed E-state index contributed by atoms with van der Waals surface area (Å²) in [6.07, 6.45) is 0.0139. The molecule has 0 aromatic heterocycles. The monoisotopic (exact) mass is 229 g/mol. The standard InChI is InChI=1S/C10H12ClNO3/c1-6(2)15-9-4-3-7(5-8(9)11)10(13)12-14/h3-6,14H,1-2H3,(H,12,13). The van der Waals surface area contributed by atoms with E-state index in [2.05, 4.69) is 0 Å². The van der Waals surface area contributed by atoms with Crippen molar-refractivity contribution in [3.63, 3.8) is 0 Å². The van der Waals surface area contributed by atoms with Crippen LogP contribution in [0.2, 0.25) is 5.02 Å². The molecule has 0 aliphatic heterocycles. The van der Waals surface area contributed by atoms with Crippen LogP contribution in [0.4, 0.5) is 0 Å². The molecule has 1 aromatic rings. The summed E-state index contributed by atoms with van der Waals surface area (Å²) in [5, 5.41) is 8.76. The summed E-state index contributed by atoms with van der Waals surface area (Å²) in [6, 6.07) is 4.55. The lowest BCUT2D eigenvalue weighted by molar-refractivity contribution is 0.0706. The topological polar surface area (TPSA) is 58.6 Å². The quantitative estimate of drug-likeness (QED) is 0.617. The zero-order chi connectivity index (χ0) is 11.4. The van der Waals surface area contributed by atoms with Crippen molar-refractivity contribution in [2.24, 2.45) is 0 Å². The normalized spacial score (nSPS) is 10.2. The Labute approximate surface area is 92.8 Å². The number of hydroxylamine groups is 1. The van der Waals surface area contributed by atoms with Crippen LogP contribution in [0, 0.1) is 0 Å². The Hall–Kier alpha value is -1.26. The molecule has 82 valence electrons. The number of carbonyl (C=O) groups is 1. The fraction of sp³-hybridized carbons (Fsp3) is 0.300. The number of hydrogen-bond acceptors (Lipinski definition) is 3. The van der Waals surface area contributed by atoms with E-state index in [1.807, 2.05) is 13.8 Å². The summed E-state index contributed by atoms with van der Waals surface area (Å²) in [6.45, 7) is 3.76. The lowest BCUT2D eigenvalue weighted by Crippen LogP contribution is -2.18. The van der Waals surface area contributed by atoms with Gasteiger partial charge in [-0.2, -0.15) is 0 Å². The van der Waals surface area contributed by atoms with Crippen LogP contribution in [0.25, 0.3) is 0 Å². The first-order valence-electron chi connectivity index (χ1n) is 4.45. The van der Waals surface area contributed by atoms with Crippen LogP contribution in [-0.2, 0) is 0 Å². The second-order valence-corrected chi connectivity index (χ2v) is 3.66. The number of halogens is 1. The molecule has 1 aromatic carbocycles. The number of nitrogens with one attached hydrogen (secondary N) is 1. The average Bonchev–Trinajstić information content (AvgIpc) is 2.19. The molecule has 4 nitrogen and oxygen atoms in total. The number of amides is 1. The average molecular weight is 230 g/mol. The Bertz CT molecular complexity index is 366. The van der Waals surface area contributed by atoms with Gasteiger partial charge in [0, 0.05) is 5.56 Å². The van der Waals surface area contributed by atoms with Crippen molar-refractivity contribution < 1.29 is 14.7 Å². The van der Waals surface area contributed by atoms with Gasteiger partial charge in [0.05, 0.1) is 11.1 Å². The van der Waals surface area contributed by atoms with Gasteiger partial charge in [-0.15, -0.1) is 0 Å². The molecular weight excluding hydrogens is 218 g/mol. The number of benzene rings is 1. The molecule has 0 fully saturated rings. The molecule has 0 heterocycles.